The molecule has 31 heavy (non-hydrogen) atoms. The van der Waals surface area contributed by atoms with E-state index in [1.54, 1.807) is 12.1 Å². The molecule has 0 bridgehead atoms. The zero-order valence-corrected chi connectivity index (χ0v) is 16.5. The number of amides is 3. The van der Waals surface area contributed by atoms with Gasteiger partial charge in [0, 0.05) is 24.8 Å². The maximum Gasteiger partial charge on any atom is 0.337 e. The number of esters is 1. The highest BCUT2D eigenvalue weighted by molar-refractivity contribution is 6.01. The van der Waals surface area contributed by atoms with Crippen molar-refractivity contribution in [3.05, 3.63) is 65.2 Å². The summed E-state index contributed by atoms with van der Waals surface area (Å²) >= 11 is 0. The van der Waals surface area contributed by atoms with Gasteiger partial charge in [-0.2, -0.15) is 0 Å². The number of anilines is 1. The van der Waals surface area contributed by atoms with Gasteiger partial charge in [-0.15, -0.1) is 0 Å². The number of hydrogen-bond acceptors (Lipinski definition) is 5. The fourth-order valence-electron chi connectivity index (χ4n) is 3.21. The number of carbonyl (C=O) groups is 4. The minimum absolute atomic E-state index is 0.0527. The van der Waals surface area contributed by atoms with E-state index in [0.29, 0.717) is 11.8 Å². The third-order valence-corrected chi connectivity index (χ3v) is 4.70. The van der Waals surface area contributed by atoms with Crippen LogP contribution in [0.1, 0.15) is 27.1 Å². The fourth-order valence-corrected chi connectivity index (χ4v) is 3.21. The number of piperazine rings is 1. The zero-order chi connectivity index (χ0) is 22.5. The molecule has 1 heterocycles. The third-order valence-electron chi connectivity index (χ3n) is 4.70. The maximum absolute atomic E-state index is 14.1. The molecule has 1 aliphatic heterocycles. The van der Waals surface area contributed by atoms with Crippen molar-refractivity contribution in [2.24, 2.45) is 0 Å². The van der Waals surface area contributed by atoms with Crippen LogP contribution in [0.2, 0.25) is 0 Å². The number of nitrogens with one attached hydrogen (secondary N) is 2. The Kier molecular flexibility index (Phi) is 6.58. The zero-order valence-electron chi connectivity index (χ0n) is 16.5. The van der Waals surface area contributed by atoms with E-state index in [-0.39, 0.29) is 18.7 Å². The summed E-state index contributed by atoms with van der Waals surface area (Å²) in [4.78, 5) is 50.4. The summed E-state index contributed by atoms with van der Waals surface area (Å²) in [7, 11) is 1.23. The summed E-state index contributed by atoms with van der Waals surface area (Å²) in [5.74, 6) is -4.46. The number of ether oxygens (including phenoxy) is 1. The van der Waals surface area contributed by atoms with E-state index in [1.165, 1.54) is 19.2 Å². The van der Waals surface area contributed by atoms with Gasteiger partial charge in [0.05, 0.1) is 24.7 Å². The molecule has 162 valence electrons. The van der Waals surface area contributed by atoms with Crippen molar-refractivity contribution >= 4 is 29.4 Å². The highest BCUT2D eigenvalue weighted by Crippen LogP contribution is 2.19. The first-order valence-corrected chi connectivity index (χ1v) is 9.32. The van der Waals surface area contributed by atoms with Gasteiger partial charge in [-0.1, -0.05) is 6.07 Å². The molecular formula is C21H19F2N3O5. The van der Waals surface area contributed by atoms with E-state index >= 15 is 0 Å². The number of halogens is 2. The number of hydrogen-bond donors (Lipinski definition) is 2. The molecule has 0 aromatic heterocycles. The Hall–Kier alpha value is -3.82. The molecule has 3 amide bonds. The van der Waals surface area contributed by atoms with Crippen molar-refractivity contribution in [1.82, 2.24) is 10.2 Å². The third kappa shape index (κ3) is 5.03. The molecule has 2 aromatic rings. The lowest BCUT2D eigenvalue weighted by atomic mass is 10.1. The highest BCUT2D eigenvalue weighted by Gasteiger charge is 2.36. The van der Waals surface area contributed by atoms with Gasteiger partial charge >= 0.3 is 5.97 Å². The van der Waals surface area contributed by atoms with Crippen LogP contribution in [0.15, 0.2) is 42.5 Å². The molecule has 1 fully saturated rings. The minimum atomic E-state index is -1.19. The SMILES string of the molecule is COC(=O)c1cccc(NC(=O)C[C@H]2C(=O)NCCN2C(=O)c2ccc(F)cc2F)c1. The molecule has 0 unspecified atom stereocenters. The monoisotopic (exact) mass is 431 g/mol. The first-order chi connectivity index (χ1) is 14.8. The Bertz CT molecular complexity index is 1040. The molecule has 1 saturated heterocycles. The molecule has 0 aliphatic carbocycles. The average Bonchev–Trinajstić information content (AvgIpc) is 2.74. The van der Waals surface area contributed by atoms with Crippen LogP contribution in [0.3, 0.4) is 0 Å². The Morgan fingerprint density at radius 2 is 1.97 bits per heavy atom. The average molecular weight is 431 g/mol. The van der Waals surface area contributed by atoms with E-state index in [4.69, 9.17) is 0 Å². The number of nitrogens with zero attached hydrogens (tertiary/aromatic N) is 1. The summed E-state index contributed by atoms with van der Waals surface area (Å²) in [5.41, 5.74) is 0.123. The summed E-state index contributed by atoms with van der Waals surface area (Å²) in [6, 6.07) is 7.33. The number of methoxy groups -OCH3 is 1. The second-order valence-electron chi connectivity index (χ2n) is 6.75. The van der Waals surface area contributed by atoms with Crippen molar-refractivity contribution in [3.8, 4) is 0 Å². The molecule has 2 aromatic carbocycles. The van der Waals surface area contributed by atoms with E-state index in [9.17, 15) is 28.0 Å². The molecule has 8 nitrogen and oxygen atoms in total. The van der Waals surface area contributed by atoms with Crippen LogP contribution in [-0.2, 0) is 14.3 Å². The van der Waals surface area contributed by atoms with Gasteiger partial charge in [-0.25, -0.2) is 13.6 Å². The second kappa shape index (κ2) is 9.33. The van der Waals surface area contributed by atoms with E-state index in [2.05, 4.69) is 15.4 Å². The van der Waals surface area contributed by atoms with Crippen LogP contribution in [0.4, 0.5) is 14.5 Å². The topological polar surface area (TPSA) is 105 Å². The molecule has 10 heteroatoms. The Balaban J connectivity index is 1.76. The maximum atomic E-state index is 14.1. The van der Waals surface area contributed by atoms with Crippen molar-refractivity contribution in [2.45, 2.75) is 12.5 Å². The Morgan fingerprint density at radius 3 is 2.68 bits per heavy atom. The highest BCUT2D eigenvalue weighted by atomic mass is 19.1. The lowest BCUT2D eigenvalue weighted by Crippen LogP contribution is -2.58. The van der Waals surface area contributed by atoms with Crippen molar-refractivity contribution in [1.29, 1.82) is 0 Å². The van der Waals surface area contributed by atoms with Crippen LogP contribution in [0.25, 0.3) is 0 Å². The van der Waals surface area contributed by atoms with Gasteiger partial charge in [-0.05, 0) is 30.3 Å². The normalized spacial score (nSPS) is 15.8. The number of carbonyl (C=O) groups excluding carboxylic acids is 4. The van der Waals surface area contributed by atoms with E-state index < -0.39 is 53.4 Å². The first kappa shape index (κ1) is 21.9. The second-order valence-corrected chi connectivity index (χ2v) is 6.75. The molecule has 1 atom stereocenters. The number of benzene rings is 2. The molecule has 0 saturated carbocycles. The quantitative estimate of drug-likeness (QED) is 0.702. The smallest absolute Gasteiger partial charge is 0.337 e. The minimum Gasteiger partial charge on any atom is -0.465 e. The standard InChI is InChI=1S/C21H19F2N3O5/c1-31-21(30)12-3-2-4-14(9-12)25-18(27)11-17-19(28)24-7-8-26(17)20(29)15-6-5-13(22)10-16(15)23/h2-6,9-10,17H,7-8,11H2,1H3,(H,24,28)(H,25,27)/t17-/m0/s1. The Morgan fingerprint density at radius 1 is 1.19 bits per heavy atom. The summed E-state index contributed by atoms with van der Waals surface area (Å²) < 4.78 is 31.8. The van der Waals surface area contributed by atoms with E-state index in [0.717, 1.165) is 17.0 Å². The van der Waals surface area contributed by atoms with Gasteiger partial charge in [0.15, 0.2) is 0 Å². The van der Waals surface area contributed by atoms with Crippen LogP contribution in [-0.4, -0.2) is 54.8 Å². The van der Waals surface area contributed by atoms with Crippen molar-refractivity contribution in [3.63, 3.8) is 0 Å². The lowest BCUT2D eigenvalue weighted by molar-refractivity contribution is -0.131. The van der Waals surface area contributed by atoms with Gasteiger partial charge in [-0.3, -0.25) is 14.4 Å². The molecule has 2 N–H and O–H groups in total. The summed E-state index contributed by atoms with van der Waals surface area (Å²) in [6.45, 7) is 0.184. The van der Waals surface area contributed by atoms with Crippen molar-refractivity contribution < 1.29 is 32.7 Å². The summed E-state index contributed by atoms with van der Waals surface area (Å²) in [6.07, 6.45) is -0.400. The first-order valence-electron chi connectivity index (χ1n) is 9.32. The van der Waals surface area contributed by atoms with Gasteiger partial charge < -0.3 is 20.3 Å². The van der Waals surface area contributed by atoms with Crippen LogP contribution in [0.5, 0.6) is 0 Å². The van der Waals surface area contributed by atoms with Crippen LogP contribution >= 0.6 is 0 Å². The lowest BCUT2D eigenvalue weighted by Gasteiger charge is -2.34. The van der Waals surface area contributed by atoms with Gasteiger partial charge in [0.2, 0.25) is 11.8 Å². The molecule has 3 rings (SSSR count). The van der Waals surface area contributed by atoms with Gasteiger partial charge in [0.25, 0.3) is 5.91 Å². The van der Waals surface area contributed by atoms with E-state index in [1.807, 2.05) is 0 Å². The number of rotatable bonds is 5. The molecule has 1 aliphatic rings. The fraction of sp³-hybridized carbons (Fsp3) is 0.238. The Labute approximate surface area is 176 Å². The van der Waals surface area contributed by atoms with Crippen LogP contribution in [0, 0.1) is 11.6 Å². The molecular weight excluding hydrogens is 412 g/mol. The predicted octanol–water partition coefficient (Wildman–Crippen LogP) is 1.72. The van der Waals surface area contributed by atoms with Gasteiger partial charge in [0.1, 0.15) is 17.7 Å². The summed E-state index contributed by atoms with van der Waals surface area (Å²) in [5, 5.41) is 5.12. The van der Waals surface area contributed by atoms with Crippen molar-refractivity contribution in [2.75, 3.05) is 25.5 Å². The predicted molar refractivity (Wildman–Crippen MR) is 105 cm³/mol. The van der Waals surface area contributed by atoms with Crippen LogP contribution < -0.4 is 10.6 Å². The largest absolute Gasteiger partial charge is 0.465 e. The molecule has 0 spiro atoms. The molecule has 0 radical (unpaired) electrons.